The summed E-state index contributed by atoms with van der Waals surface area (Å²) in [7, 11) is 1.58. The van der Waals surface area contributed by atoms with Crippen molar-refractivity contribution in [1.29, 1.82) is 5.26 Å². The molecule has 0 aliphatic heterocycles. The number of nitrogens with one attached hydrogen (secondary N) is 1. The molecule has 1 unspecified atom stereocenters. The van der Waals surface area contributed by atoms with Gasteiger partial charge < -0.3 is 15.2 Å². The lowest BCUT2D eigenvalue weighted by Gasteiger charge is -2.18. The van der Waals surface area contributed by atoms with Gasteiger partial charge in [-0.05, 0) is 43.3 Å². The average molecular weight is 303 g/mol. The summed E-state index contributed by atoms with van der Waals surface area (Å²) in [6.07, 6.45) is 0. The fourth-order valence-corrected chi connectivity index (χ4v) is 2.19. The maximum atomic E-state index is 9.95. The summed E-state index contributed by atoms with van der Waals surface area (Å²) in [6, 6.07) is 12.1. The monoisotopic (exact) mass is 302 g/mol. The minimum absolute atomic E-state index is 0.159. The van der Waals surface area contributed by atoms with Crippen LogP contribution < -0.4 is 10.1 Å². The van der Waals surface area contributed by atoms with Crippen LogP contribution in [0.1, 0.15) is 24.1 Å². The third-order valence-corrected chi connectivity index (χ3v) is 3.50. The smallest absolute Gasteiger partial charge is 0.121 e. The number of nitriles is 1. The van der Waals surface area contributed by atoms with E-state index in [-0.39, 0.29) is 11.8 Å². The molecule has 0 spiro atoms. The van der Waals surface area contributed by atoms with E-state index in [0.29, 0.717) is 21.9 Å². The molecule has 1 atom stereocenters. The molecule has 108 valence electrons. The van der Waals surface area contributed by atoms with Crippen molar-refractivity contribution in [2.45, 2.75) is 13.0 Å². The van der Waals surface area contributed by atoms with Gasteiger partial charge in [0, 0.05) is 11.3 Å². The van der Waals surface area contributed by atoms with Crippen LogP contribution in [0.2, 0.25) is 5.02 Å². The second-order valence-electron chi connectivity index (χ2n) is 4.60. The van der Waals surface area contributed by atoms with Crippen LogP contribution in [-0.2, 0) is 0 Å². The summed E-state index contributed by atoms with van der Waals surface area (Å²) < 4.78 is 5.16. The van der Waals surface area contributed by atoms with E-state index >= 15 is 0 Å². The van der Waals surface area contributed by atoms with Crippen LogP contribution in [0.3, 0.4) is 0 Å². The topological polar surface area (TPSA) is 65.3 Å². The molecular formula is C16H15ClN2O2. The maximum absolute atomic E-state index is 9.95. The summed E-state index contributed by atoms with van der Waals surface area (Å²) >= 11 is 5.91. The van der Waals surface area contributed by atoms with Crippen molar-refractivity contribution in [2.75, 3.05) is 12.4 Å². The number of nitrogens with zero attached hydrogens (tertiary/aromatic N) is 1. The Morgan fingerprint density at radius 3 is 2.71 bits per heavy atom. The van der Waals surface area contributed by atoms with Gasteiger partial charge in [0.15, 0.2) is 0 Å². The highest BCUT2D eigenvalue weighted by atomic mass is 35.5. The highest BCUT2D eigenvalue weighted by molar-refractivity contribution is 6.31. The second kappa shape index (κ2) is 6.38. The molecule has 0 saturated heterocycles. The van der Waals surface area contributed by atoms with Crippen molar-refractivity contribution < 1.29 is 9.84 Å². The standard InChI is InChI=1S/C16H15ClN2O2/c1-10(14-8-13(21-2)4-6-16(14)20)19-12-3-5-15(17)11(7-12)9-18/h3-8,10,19-20H,1-2H3. The predicted molar refractivity (Wildman–Crippen MR) is 82.9 cm³/mol. The Bertz CT molecular complexity index is 695. The number of hydrogen-bond donors (Lipinski definition) is 2. The van der Waals surface area contributed by atoms with Crippen molar-refractivity contribution in [1.82, 2.24) is 0 Å². The molecule has 0 heterocycles. The maximum Gasteiger partial charge on any atom is 0.121 e. The summed E-state index contributed by atoms with van der Waals surface area (Å²) in [6.45, 7) is 1.91. The van der Waals surface area contributed by atoms with Crippen molar-refractivity contribution in [2.24, 2.45) is 0 Å². The molecule has 5 heteroatoms. The normalized spacial score (nSPS) is 11.5. The molecule has 0 aliphatic carbocycles. The molecule has 0 saturated carbocycles. The van der Waals surface area contributed by atoms with Gasteiger partial charge in [0.25, 0.3) is 0 Å². The summed E-state index contributed by atoms with van der Waals surface area (Å²) in [5.41, 5.74) is 1.87. The zero-order valence-electron chi connectivity index (χ0n) is 11.7. The number of anilines is 1. The number of rotatable bonds is 4. The van der Waals surface area contributed by atoms with E-state index in [9.17, 15) is 5.11 Å². The number of benzene rings is 2. The van der Waals surface area contributed by atoms with Gasteiger partial charge in [0.05, 0.1) is 23.7 Å². The zero-order valence-corrected chi connectivity index (χ0v) is 12.5. The average Bonchev–Trinajstić information content (AvgIpc) is 2.49. The number of ether oxygens (including phenoxy) is 1. The SMILES string of the molecule is COc1ccc(O)c(C(C)Nc2ccc(Cl)c(C#N)c2)c1. The number of halogens is 1. The van der Waals surface area contributed by atoms with E-state index < -0.39 is 0 Å². The van der Waals surface area contributed by atoms with Gasteiger partial charge in [-0.3, -0.25) is 0 Å². The van der Waals surface area contributed by atoms with Gasteiger partial charge in [-0.1, -0.05) is 11.6 Å². The Balaban J connectivity index is 2.26. The van der Waals surface area contributed by atoms with Gasteiger partial charge in [-0.25, -0.2) is 0 Å². The van der Waals surface area contributed by atoms with Gasteiger partial charge in [-0.2, -0.15) is 5.26 Å². The molecule has 0 fully saturated rings. The molecule has 0 aromatic heterocycles. The third kappa shape index (κ3) is 3.39. The lowest BCUT2D eigenvalue weighted by Crippen LogP contribution is -2.07. The molecule has 0 amide bonds. The van der Waals surface area contributed by atoms with E-state index in [4.69, 9.17) is 21.6 Å². The molecule has 2 aromatic carbocycles. The van der Waals surface area contributed by atoms with E-state index in [1.165, 1.54) is 0 Å². The zero-order chi connectivity index (χ0) is 15.4. The van der Waals surface area contributed by atoms with E-state index in [1.807, 2.05) is 13.0 Å². The van der Waals surface area contributed by atoms with Crippen LogP contribution in [0, 0.1) is 11.3 Å². The Morgan fingerprint density at radius 1 is 1.29 bits per heavy atom. The van der Waals surface area contributed by atoms with E-state index in [0.717, 1.165) is 5.69 Å². The first kappa shape index (κ1) is 15.0. The van der Waals surface area contributed by atoms with Crippen molar-refractivity contribution in [3.05, 3.63) is 52.5 Å². The first-order valence-electron chi connectivity index (χ1n) is 6.38. The van der Waals surface area contributed by atoms with Crippen molar-refractivity contribution >= 4 is 17.3 Å². The Hall–Kier alpha value is -2.38. The second-order valence-corrected chi connectivity index (χ2v) is 5.00. The minimum atomic E-state index is -0.159. The lowest BCUT2D eigenvalue weighted by atomic mass is 10.1. The quantitative estimate of drug-likeness (QED) is 0.892. The van der Waals surface area contributed by atoms with Gasteiger partial charge in [-0.15, -0.1) is 0 Å². The van der Waals surface area contributed by atoms with Gasteiger partial charge in [0.2, 0.25) is 0 Å². The number of phenolic OH excluding ortho intramolecular Hbond substituents is 1. The molecule has 21 heavy (non-hydrogen) atoms. The number of methoxy groups -OCH3 is 1. The molecule has 4 nitrogen and oxygen atoms in total. The van der Waals surface area contributed by atoms with Crippen molar-refractivity contribution in [3.63, 3.8) is 0 Å². The summed E-state index contributed by atoms with van der Waals surface area (Å²) in [5, 5.41) is 22.6. The number of hydrogen-bond acceptors (Lipinski definition) is 4. The first-order valence-corrected chi connectivity index (χ1v) is 6.76. The predicted octanol–water partition coefficient (Wildman–Crippen LogP) is 4.10. The molecule has 0 radical (unpaired) electrons. The summed E-state index contributed by atoms with van der Waals surface area (Å²) in [5.74, 6) is 0.857. The number of phenols is 1. The Kier molecular flexibility index (Phi) is 4.56. The van der Waals surface area contributed by atoms with Crippen molar-refractivity contribution in [3.8, 4) is 17.6 Å². The fraction of sp³-hybridized carbons (Fsp3) is 0.188. The van der Waals surface area contributed by atoms with Crippen LogP contribution in [0.4, 0.5) is 5.69 Å². The van der Waals surface area contributed by atoms with Gasteiger partial charge in [0.1, 0.15) is 17.6 Å². The molecule has 0 bridgehead atoms. The summed E-state index contributed by atoms with van der Waals surface area (Å²) in [4.78, 5) is 0. The molecule has 2 aromatic rings. The van der Waals surface area contributed by atoms with Crippen LogP contribution in [0.25, 0.3) is 0 Å². The Labute approximate surface area is 128 Å². The highest BCUT2D eigenvalue weighted by Gasteiger charge is 2.12. The molecule has 2 N–H and O–H groups in total. The fourth-order valence-electron chi connectivity index (χ4n) is 2.03. The largest absolute Gasteiger partial charge is 0.508 e. The van der Waals surface area contributed by atoms with E-state index in [1.54, 1.807) is 43.5 Å². The van der Waals surface area contributed by atoms with Crippen LogP contribution in [-0.4, -0.2) is 12.2 Å². The Morgan fingerprint density at radius 2 is 2.05 bits per heavy atom. The molecular weight excluding hydrogens is 288 g/mol. The molecule has 2 rings (SSSR count). The van der Waals surface area contributed by atoms with Crippen LogP contribution in [0.5, 0.6) is 11.5 Å². The first-order chi connectivity index (χ1) is 10.0. The highest BCUT2D eigenvalue weighted by Crippen LogP contribution is 2.31. The minimum Gasteiger partial charge on any atom is -0.508 e. The van der Waals surface area contributed by atoms with E-state index in [2.05, 4.69) is 5.32 Å². The lowest BCUT2D eigenvalue weighted by molar-refractivity contribution is 0.410. The van der Waals surface area contributed by atoms with Crippen LogP contribution in [0.15, 0.2) is 36.4 Å². The van der Waals surface area contributed by atoms with Gasteiger partial charge >= 0.3 is 0 Å². The van der Waals surface area contributed by atoms with Crippen LogP contribution >= 0.6 is 11.6 Å². The number of aromatic hydroxyl groups is 1. The third-order valence-electron chi connectivity index (χ3n) is 3.17. The molecule has 0 aliphatic rings.